The number of amides is 2. The Morgan fingerprint density at radius 2 is 1.76 bits per heavy atom. The highest BCUT2D eigenvalue weighted by Gasteiger charge is 2.32. The average molecular weight is 339 g/mol. The summed E-state index contributed by atoms with van der Waals surface area (Å²) < 4.78 is 0. The molecule has 2 aromatic carbocycles. The summed E-state index contributed by atoms with van der Waals surface area (Å²) in [6.07, 6.45) is 2.20. The van der Waals surface area contributed by atoms with Crippen LogP contribution in [-0.2, 0) is 0 Å². The van der Waals surface area contributed by atoms with Gasteiger partial charge in [-0.2, -0.15) is 0 Å². The van der Waals surface area contributed by atoms with Crippen LogP contribution in [0.5, 0.6) is 0 Å². The van der Waals surface area contributed by atoms with Crippen molar-refractivity contribution in [1.82, 2.24) is 9.80 Å². The van der Waals surface area contributed by atoms with Gasteiger partial charge in [-0.25, -0.2) is 0 Å². The number of nitrogens with zero attached hydrogens (tertiary/aromatic N) is 2. The lowest BCUT2D eigenvalue weighted by atomic mass is 9.93. The van der Waals surface area contributed by atoms with E-state index in [1.54, 1.807) is 0 Å². The Kier molecular flexibility index (Phi) is 5.04. The zero-order valence-electron chi connectivity index (χ0n) is 15.1. The van der Waals surface area contributed by atoms with Gasteiger partial charge in [0.15, 0.2) is 0 Å². The van der Waals surface area contributed by atoms with Crippen LogP contribution in [0.25, 0.3) is 10.8 Å². The van der Waals surface area contributed by atoms with Gasteiger partial charge in [-0.1, -0.05) is 25.5 Å². The van der Waals surface area contributed by atoms with Gasteiger partial charge in [-0.3, -0.25) is 14.5 Å². The van der Waals surface area contributed by atoms with E-state index in [-0.39, 0.29) is 11.8 Å². The second-order valence-electron chi connectivity index (χ2n) is 6.73. The molecular formula is C20H25N3O2. The Hall–Kier alpha value is -2.40. The highest BCUT2D eigenvalue weighted by molar-refractivity contribution is 6.26. The summed E-state index contributed by atoms with van der Waals surface area (Å²) in [7, 11) is 3.86. The number of hydrogen-bond acceptors (Lipinski definition) is 4. The molecule has 1 aliphatic heterocycles. The fourth-order valence-corrected chi connectivity index (χ4v) is 3.20. The summed E-state index contributed by atoms with van der Waals surface area (Å²) in [6.45, 7) is 4.08. The molecule has 0 saturated carbocycles. The van der Waals surface area contributed by atoms with Crippen molar-refractivity contribution >= 4 is 28.3 Å². The third-order valence-corrected chi connectivity index (χ3v) is 4.61. The number of rotatable bonds is 7. The van der Waals surface area contributed by atoms with Crippen molar-refractivity contribution in [2.24, 2.45) is 0 Å². The lowest BCUT2D eigenvalue weighted by molar-refractivity contribution is 0.0601. The predicted octanol–water partition coefficient (Wildman–Crippen LogP) is 3.21. The van der Waals surface area contributed by atoms with Gasteiger partial charge >= 0.3 is 0 Å². The van der Waals surface area contributed by atoms with Gasteiger partial charge in [0, 0.05) is 47.2 Å². The van der Waals surface area contributed by atoms with Gasteiger partial charge in [0.25, 0.3) is 11.8 Å². The van der Waals surface area contributed by atoms with Crippen molar-refractivity contribution in [2.45, 2.75) is 19.8 Å². The van der Waals surface area contributed by atoms with Crippen LogP contribution in [0.4, 0.5) is 5.69 Å². The summed E-state index contributed by atoms with van der Waals surface area (Å²) in [5, 5.41) is 5.15. The Morgan fingerprint density at radius 1 is 1.04 bits per heavy atom. The number of carbonyl (C=O) groups is 2. The maximum Gasteiger partial charge on any atom is 0.261 e. The SMILES string of the molecule is CCCCNc1ccc2c3c(cccc13)C(=O)N(CCN(C)C)C2=O. The molecular weight excluding hydrogens is 314 g/mol. The number of hydrogen-bond donors (Lipinski definition) is 1. The Labute approximate surface area is 148 Å². The molecule has 2 aromatic rings. The van der Waals surface area contributed by atoms with E-state index in [9.17, 15) is 9.59 Å². The molecule has 0 saturated heterocycles. The van der Waals surface area contributed by atoms with E-state index in [4.69, 9.17) is 0 Å². The lowest BCUT2D eigenvalue weighted by Gasteiger charge is -2.28. The fraction of sp³-hybridized carbons (Fsp3) is 0.400. The van der Waals surface area contributed by atoms with Crippen molar-refractivity contribution < 1.29 is 9.59 Å². The number of benzene rings is 2. The molecule has 1 heterocycles. The quantitative estimate of drug-likeness (QED) is 0.622. The van der Waals surface area contributed by atoms with Crippen molar-refractivity contribution in [1.29, 1.82) is 0 Å². The van der Waals surface area contributed by atoms with Crippen molar-refractivity contribution in [3.63, 3.8) is 0 Å². The molecule has 2 amide bonds. The number of anilines is 1. The molecule has 0 unspecified atom stereocenters. The highest BCUT2D eigenvalue weighted by atomic mass is 16.2. The topological polar surface area (TPSA) is 52.7 Å². The molecule has 0 bridgehead atoms. The largest absolute Gasteiger partial charge is 0.385 e. The van der Waals surface area contributed by atoms with Gasteiger partial charge < -0.3 is 10.2 Å². The van der Waals surface area contributed by atoms with E-state index < -0.39 is 0 Å². The van der Waals surface area contributed by atoms with Gasteiger partial charge in [-0.05, 0) is 38.7 Å². The third kappa shape index (κ3) is 3.24. The summed E-state index contributed by atoms with van der Waals surface area (Å²) in [5.41, 5.74) is 2.21. The lowest BCUT2D eigenvalue weighted by Crippen LogP contribution is -2.43. The minimum atomic E-state index is -0.198. The molecule has 3 rings (SSSR count). The Morgan fingerprint density at radius 3 is 2.44 bits per heavy atom. The van der Waals surface area contributed by atoms with E-state index in [0.717, 1.165) is 35.8 Å². The van der Waals surface area contributed by atoms with Crippen LogP contribution < -0.4 is 5.32 Å². The van der Waals surface area contributed by atoms with Crippen LogP contribution in [0.3, 0.4) is 0 Å². The summed E-state index contributed by atoms with van der Waals surface area (Å²) in [4.78, 5) is 29.1. The number of carbonyl (C=O) groups excluding carboxylic acids is 2. The number of imide groups is 1. The van der Waals surface area contributed by atoms with E-state index in [0.29, 0.717) is 24.2 Å². The Bertz CT molecular complexity index is 792. The van der Waals surface area contributed by atoms with Crippen LogP contribution in [0.1, 0.15) is 40.5 Å². The molecule has 132 valence electrons. The van der Waals surface area contributed by atoms with Crippen molar-refractivity contribution in [3.8, 4) is 0 Å². The van der Waals surface area contributed by atoms with E-state index >= 15 is 0 Å². The summed E-state index contributed by atoms with van der Waals surface area (Å²) in [5.74, 6) is -0.397. The molecule has 0 aromatic heterocycles. The van der Waals surface area contributed by atoms with Gasteiger partial charge in [0.05, 0.1) is 0 Å². The molecule has 5 heteroatoms. The molecule has 0 radical (unpaired) electrons. The van der Waals surface area contributed by atoms with E-state index in [1.165, 1.54) is 4.90 Å². The maximum absolute atomic E-state index is 12.9. The summed E-state index contributed by atoms with van der Waals surface area (Å²) in [6, 6.07) is 9.49. The number of unbranched alkanes of at least 4 members (excludes halogenated alkanes) is 1. The molecule has 0 fully saturated rings. The van der Waals surface area contributed by atoms with Crippen LogP contribution in [0.2, 0.25) is 0 Å². The maximum atomic E-state index is 12.9. The third-order valence-electron chi connectivity index (χ3n) is 4.61. The second kappa shape index (κ2) is 7.23. The van der Waals surface area contributed by atoms with Crippen LogP contribution in [-0.4, -0.2) is 55.3 Å². The molecule has 1 aliphatic rings. The van der Waals surface area contributed by atoms with Gasteiger partial charge in [0.2, 0.25) is 0 Å². The zero-order chi connectivity index (χ0) is 18.0. The van der Waals surface area contributed by atoms with Crippen molar-refractivity contribution in [3.05, 3.63) is 41.5 Å². The molecule has 0 aliphatic carbocycles. The number of nitrogens with one attached hydrogen (secondary N) is 1. The normalized spacial score (nSPS) is 13.8. The number of likely N-dealkylation sites (N-methyl/N-ethyl adjacent to an activating group) is 1. The standard InChI is InChI=1S/C20H25N3O2/c1-4-5-11-21-17-10-9-16-18-14(17)7-6-8-15(18)19(24)23(20(16)25)13-12-22(2)3/h6-10,21H,4-5,11-13H2,1-3H3. The van der Waals surface area contributed by atoms with Gasteiger partial charge in [0.1, 0.15) is 0 Å². The van der Waals surface area contributed by atoms with Crippen LogP contribution in [0, 0.1) is 0 Å². The monoisotopic (exact) mass is 339 g/mol. The first-order chi connectivity index (χ1) is 12.0. The average Bonchev–Trinajstić information content (AvgIpc) is 2.60. The second-order valence-corrected chi connectivity index (χ2v) is 6.73. The van der Waals surface area contributed by atoms with Gasteiger partial charge in [-0.15, -0.1) is 0 Å². The fourth-order valence-electron chi connectivity index (χ4n) is 3.20. The highest BCUT2D eigenvalue weighted by Crippen LogP contribution is 2.34. The smallest absolute Gasteiger partial charge is 0.261 e. The molecule has 5 nitrogen and oxygen atoms in total. The Balaban J connectivity index is 2.03. The minimum Gasteiger partial charge on any atom is -0.385 e. The van der Waals surface area contributed by atoms with Crippen molar-refractivity contribution in [2.75, 3.05) is 39.0 Å². The predicted molar refractivity (Wildman–Crippen MR) is 101 cm³/mol. The molecule has 1 N–H and O–H groups in total. The first-order valence-electron chi connectivity index (χ1n) is 8.85. The first-order valence-corrected chi connectivity index (χ1v) is 8.85. The van der Waals surface area contributed by atoms with E-state index in [1.807, 2.05) is 49.3 Å². The molecule has 0 atom stereocenters. The molecule has 0 spiro atoms. The van der Waals surface area contributed by atoms with Crippen LogP contribution >= 0.6 is 0 Å². The first kappa shape index (κ1) is 17.4. The minimum absolute atomic E-state index is 0.198. The van der Waals surface area contributed by atoms with Crippen LogP contribution in [0.15, 0.2) is 30.3 Å². The zero-order valence-corrected chi connectivity index (χ0v) is 15.1. The van der Waals surface area contributed by atoms with E-state index in [2.05, 4.69) is 12.2 Å². The molecule has 25 heavy (non-hydrogen) atoms. The summed E-state index contributed by atoms with van der Waals surface area (Å²) >= 11 is 0.